The van der Waals surface area contributed by atoms with E-state index in [-0.39, 0.29) is 0 Å². The first-order chi connectivity index (χ1) is 6.91. The molecule has 0 N–H and O–H groups in total. The lowest BCUT2D eigenvalue weighted by molar-refractivity contribution is -0.107. The van der Waals surface area contributed by atoms with Crippen molar-refractivity contribution in [2.45, 2.75) is 64.7 Å². The van der Waals surface area contributed by atoms with Crippen LogP contribution in [0.2, 0.25) is 0 Å². The minimum atomic E-state index is 0.751. The van der Waals surface area contributed by atoms with Gasteiger partial charge in [-0.15, -0.1) is 0 Å². The molecule has 0 atom stereocenters. The predicted octanol–water partition coefficient (Wildman–Crippen LogP) is 4.27. The summed E-state index contributed by atoms with van der Waals surface area (Å²) in [5.41, 5.74) is 0. The number of carbonyl (C=O) groups excluding carboxylic acids is 1. The van der Waals surface area contributed by atoms with Gasteiger partial charge in [0.2, 0.25) is 0 Å². The van der Waals surface area contributed by atoms with Crippen molar-refractivity contribution in [1.29, 1.82) is 0 Å². The summed E-state index contributed by atoms with van der Waals surface area (Å²) in [6.45, 7) is 2.08. The molecule has 0 aliphatic heterocycles. The first-order valence-corrected chi connectivity index (χ1v) is 5.96. The molecule has 0 bridgehead atoms. The maximum atomic E-state index is 10.0. The van der Waals surface area contributed by atoms with Crippen LogP contribution in [0.15, 0.2) is 12.2 Å². The number of rotatable bonds is 10. The van der Waals surface area contributed by atoms with E-state index in [1.165, 1.54) is 44.9 Å². The highest BCUT2D eigenvalue weighted by atomic mass is 16.1. The van der Waals surface area contributed by atoms with Gasteiger partial charge >= 0.3 is 0 Å². The number of hydrogen-bond acceptors (Lipinski definition) is 1. The maximum Gasteiger partial charge on any atom is 0.119 e. The molecular weight excluding hydrogens is 172 g/mol. The standard InChI is InChI=1S/C13H24O/c1-2-3-4-5-6-7-8-9-10-11-12-13-14/h2-3,13H,4-12H2,1H3/b3-2+. The van der Waals surface area contributed by atoms with Crippen LogP contribution in [0, 0.1) is 0 Å². The number of hydrogen-bond donors (Lipinski definition) is 0. The van der Waals surface area contributed by atoms with Crippen LogP contribution in [-0.2, 0) is 4.79 Å². The summed E-state index contributed by atoms with van der Waals surface area (Å²) in [5, 5.41) is 0. The lowest BCUT2D eigenvalue weighted by Crippen LogP contribution is -1.81. The summed E-state index contributed by atoms with van der Waals surface area (Å²) in [7, 11) is 0. The highest BCUT2D eigenvalue weighted by Gasteiger charge is 1.90. The molecule has 0 heterocycles. The number of unbranched alkanes of at least 4 members (excludes halogenated alkanes) is 8. The minimum Gasteiger partial charge on any atom is -0.303 e. The van der Waals surface area contributed by atoms with Gasteiger partial charge in [-0.2, -0.15) is 0 Å². The van der Waals surface area contributed by atoms with Crippen LogP contribution in [0.5, 0.6) is 0 Å². The van der Waals surface area contributed by atoms with E-state index in [1.54, 1.807) is 0 Å². The Hall–Kier alpha value is -0.590. The fourth-order valence-electron chi connectivity index (χ4n) is 1.54. The molecule has 0 radical (unpaired) electrons. The van der Waals surface area contributed by atoms with Crippen molar-refractivity contribution in [2.24, 2.45) is 0 Å². The van der Waals surface area contributed by atoms with E-state index in [2.05, 4.69) is 19.1 Å². The second kappa shape index (κ2) is 12.4. The summed E-state index contributed by atoms with van der Waals surface area (Å²) in [4.78, 5) is 10.0. The highest BCUT2D eigenvalue weighted by Crippen LogP contribution is 2.09. The zero-order valence-electron chi connectivity index (χ0n) is 9.50. The molecule has 0 saturated heterocycles. The Balaban J connectivity index is 2.88. The molecule has 0 aromatic heterocycles. The molecule has 0 rings (SSSR count). The van der Waals surface area contributed by atoms with Crippen LogP contribution in [0.1, 0.15) is 64.7 Å². The first-order valence-electron chi connectivity index (χ1n) is 5.96. The van der Waals surface area contributed by atoms with Crippen molar-refractivity contribution in [1.82, 2.24) is 0 Å². The largest absolute Gasteiger partial charge is 0.303 e. The molecule has 0 aliphatic carbocycles. The average molecular weight is 196 g/mol. The second-order valence-electron chi connectivity index (χ2n) is 3.79. The number of carbonyl (C=O) groups is 1. The Kier molecular flexibility index (Phi) is 11.9. The number of allylic oxidation sites excluding steroid dienone is 2. The van der Waals surface area contributed by atoms with Crippen molar-refractivity contribution in [3.05, 3.63) is 12.2 Å². The Morgan fingerprint density at radius 2 is 1.29 bits per heavy atom. The van der Waals surface area contributed by atoms with Gasteiger partial charge in [0.05, 0.1) is 0 Å². The quantitative estimate of drug-likeness (QED) is 0.290. The maximum absolute atomic E-state index is 10.0. The van der Waals surface area contributed by atoms with Crippen LogP contribution < -0.4 is 0 Å². The molecule has 14 heavy (non-hydrogen) atoms. The summed E-state index contributed by atoms with van der Waals surface area (Å²) in [6.07, 6.45) is 16.4. The van der Waals surface area contributed by atoms with Gasteiger partial charge < -0.3 is 4.79 Å². The molecule has 1 nitrogen and oxygen atoms in total. The van der Waals surface area contributed by atoms with E-state index in [9.17, 15) is 4.79 Å². The summed E-state index contributed by atoms with van der Waals surface area (Å²) < 4.78 is 0. The Morgan fingerprint density at radius 1 is 0.786 bits per heavy atom. The molecule has 82 valence electrons. The molecule has 0 saturated carbocycles. The molecule has 0 aliphatic rings. The van der Waals surface area contributed by atoms with Crippen molar-refractivity contribution in [3.63, 3.8) is 0 Å². The molecule has 0 unspecified atom stereocenters. The van der Waals surface area contributed by atoms with E-state index in [4.69, 9.17) is 0 Å². The molecule has 0 aromatic rings. The van der Waals surface area contributed by atoms with Gasteiger partial charge in [0.25, 0.3) is 0 Å². The Bertz CT molecular complexity index is 138. The van der Waals surface area contributed by atoms with E-state index in [0.717, 1.165) is 19.1 Å². The van der Waals surface area contributed by atoms with Gasteiger partial charge in [0.1, 0.15) is 6.29 Å². The van der Waals surface area contributed by atoms with Crippen molar-refractivity contribution in [3.8, 4) is 0 Å². The topological polar surface area (TPSA) is 17.1 Å². The summed E-state index contributed by atoms with van der Waals surface area (Å²) in [5.74, 6) is 0. The van der Waals surface area contributed by atoms with E-state index < -0.39 is 0 Å². The predicted molar refractivity (Wildman–Crippen MR) is 62.4 cm³/mol. The van der Waals surface area contributed by atoms with Gasteiger partial charge in [-0.3, -0.25) is 0 Å². The third-order valence-electron chi connectivity index (χ3n) is 2.43. The van der Waals surface area contributed by atoms with Crippen LogP contribution in [0.25, 0.3) is 0 Å². The zero-order valence-corrected chi connectivity index (χ0v) is 9.50. The van der Waals surface area contributed by atoms with Crippen molar-refractivity contribution >= 4 is 6.29 Å². The van der Waals surface area contributed by atoms with Crippen LogP contribution in [-0.4, -0.2) is 6.29 Å². The third-order valence-corrected chi connectivity index (χ3v) is 2.43. The minimum absolute atomic E-state index is 0.751. The van der Waals surface area contributed by atoms with E-state index in [1.807, 2.05) is 0 Å². The third kappa shape index (κ3) is 11.4. The Labute approximate surface area is 88.6 Å². The van der Waals surface area contributed by atoms with Gasteiger partial charge in [-0.1, -0.05) is 44.3 Å². The highest BCUT2D eigenvalue weighted by molar-refractivity contribution is 5.48. The van der Waals surface area contributed by atoms with Crippen molar-refractivity contribution < 1.29 is 4.79 Å². The first kappa shape index (κ1) is 13.4. The molecule has 0 aromatic carbocycles. The van der Waals surface area contributed by atoms with Crippen molar-refractivity contribution in [2.75, 3.05) is 0 Å². The molecule has 0 fully saturated rings. The monoisotopic (exact) mass is 196 g/mol. The van der Waals surface area contributed by atoms with Gasteiger partial charge in [-0.25, -0.2) is 0 Å². The normalized spacial score (nSPS) is 10.9. The lowest BCUT2D eigenvalue weighted by atomic mass is 10.1. The lowest BCUT2D eigenvalue weighted by Gasteiger charge is -1.99. The van der Waals surface area contributed by atoms with Gasteiger partial charge in [0.15, 0.2) is 0 Å². The summed E-state index contributed by atoms with van der Waals surface area (Å²) in [6, 6.07) is 0. The van der Waals surface area contributed by atoms with Crippen LogP contribution >= 0.6 is 0 Å². The molecule has 0 amide bonds. The number of aldehydes is 1. The van der Waals surface area contributed by atoms with Gasteiger partial charge in [-0.05, 0) is 26.2 Å². The fraction of sp³-hybridized carbons (Fsp3) is 0.769. The van der Waals surface area contributed by atoms with Crippen LogP contribution in [0.3, 0.4) is 0 Å². The Morgan fingerprint density at radius 3 is 1.79 bits per heavy atom. The van der Waals surface area contributed by atoms with E-state index >= 15 is 0 Å². The summed E-state index contributed by atoms with van der Waals surface area (Å²) >= 11 is 0. The molecule has 0 spiro atoms. The smallest absolute Gasteiger partial charge is 0.119 e. The average Bonchev–Trinajstić information content (AvgIpc) is 2.21. The fourth-order valence-corrected chi connectivity index (χ4v) is 1.54. The zero-order chi connectivity index (χ0) is 10.5. The van der Waals surface area contributed by atoms with Gasteiger partial charge in [0, 0.05) is 6.42 Å². The second-order valence-corrected chi connectivity index (χ2v) is 3.79. The molecular formula is C13H24O. The van der Waals surface area contributed by atoms with E-state index in [0.29, 0.717) is 0 Å². The van der Waals surface area contributed by atoms with Crippen LogP contribution in [0.4, 0.5) is 0 Å². The molecule has 1 heteroatoms. The SMILES string of the molecule is C/C=C/CCCCCCCCCC=O.